The molecule has 1 aliphatic heterocycles. The molecular weight excluding hydrogens is 303 g/mol. The number of anilines is 2. The maximum Gasteiger partial charge on any atom is 0.235 e. The highest BCUT2D eigenvalue weighted by Crippen LogP contribution is 2.47. The van der Waals surface area contributed by atoms with E-state index >= 15 is 0 Å². The SMILES string of the molecule is Cc1cccc(NC2CCC3(CC2)C(=O)Nc2ccccc23)c1F. The molecule has 0 atom stereocenters. The lowest BCUT2D eigenvalue weighted by Gasteiger charge is -2.36. The lowest BCUT2D eigenvalue weighted by atomic mass is 9.69. The molecule has 2 aliphatic rings. The summed E-state index contributed by atoms with van der Waals surface area (Å²) in [4.78, 5) is 12.6. The van der Waals surface area contributed by atoms with E-state index in [1.165, 1.54) is 0 Å². The van der Waals surface area contributed by atoms with Gasteiger partial charge in [-0.3, -0.25) is 4.79 Å². The van der Waals surface area contributed by atoms with Gasteiger partial charge in [0.05, 0.1) is 11.1 Å². The van der Waals surface area contributed by atoms with Crippen LogP contribution in [0.5, 0.6) is 0 Å². The second-order valence-corrected chi connectivity index (χ2v) is 6.94. The lowest BCUT2D eigenvalue weighted by molar-refractivity contribution is -0.122. The number of benzene rings is 2. The number of rotatable bonds is 2. The maximum absolute atomic E-state index is 14.2. The van der Waals surface area contributed by atoms with Gasteiger partial charge in [-0.15, -0.1) is 0 Å². The number of halogens is 1. The van der Waals surface area contributed by atoms with E-state index in [2.05, 4.69) is 16.7 Å². The third-order valence-corrected chi connectivity index (χ3v) is 5.52. The summed E-state index contributed by atoms with van der Waals surface area (Å²) < 4.78 is 14.2. The summed E-state index contributed by atoms with van der Waals surface area (Å²) in [6.07, 6.45) is 3.30. The smallest absolute Gasteiger partial charge is 0.235 e. The second-order valence-electron chi connectivity index (χ2n) is 6.94. The molecule has 0 radical (unpaired) electrons. The van der Waals surface area contributed by atoms with Crippen LogP contribution >= 0.6 is 0 Å². The molecule has 1 heterocycles. The first kappa shape index (κ1) is 15.2. The zero-order valence-corrected chi connectivity index (χ0v) is 13.7. The fourth-order valence-electron chi connectivity index (χ4n) is 4.10. The van der Waals surface area contributed by atoms with Gasteiger partial charge in [-0.1, -0.05) is 30.3 Å². The van der Waals surface area contributed by atoms with Crippen molar-refractivity contribution in [3.8, 4) is 0 Å². The van der Waals surface area contributed by atoms with Gasteiger partial charge in [0.1, 0.15) is 5.82 Å². The molecule has 2 aromatic rings. The van der Waals surface area contributed by atoms with E-state index < -0.39 is 5.41 Å². The minimum Gasteiger partial charge on any atom is -0.380 e. The number of amides is 1. The van der Waals surface area contributed by atoms with Crippen LogP contribution in [0.1, 0.15) is 36.8 Å². The van der Waals surface area contributed by atoms with E-state index in [0.29, 0.717) is 11.3 Å². The van der Waals surface area contributed by atoms with Crippen LogP contribution in [0.2, 0.25) is 0 Å². The zero-order chi connectivity index (χ0) is 16.7. The van der Waals surface area contributed by atoms with Crippen molar-refractivity contribution in [2.45, 2.75) is 44.1 Å². The highest BCUT2D eigenvalue weighted by molar-refractivity contribution is 6.06. The van der Waals surface area contributed by atoms with Crippen molar-refractivity contribution in [2.75, 3.05) is 10.6 Å². The van der Waals surface area contributed by atoms with Crippen LogP contribution < -0.4 is 10.6 Å². The third kappa shape index (κ3) is 2.29. The highest BCUT2D eigenvalue weighted by Gasteiger charge is 2.48. The van der Waals surface area contributed by atoms with Crippen molar-refractivity contribution in [3.63, 3.8) is 0 Å². The molecule has 24 heavy (non-hydrogen) atoms. The summed E-state index contributed by atoms with van der Waals surface area (Å²) >= 11 is 0. The molecule has 0 aromatic heterocycles. The first-order valence-corrected chi connectivity index (χ1v) is 8.53. The summed E-state index contributed by atoms with van der Waals surface area (Å²) in [5, 5.41) is 6.35. The molecule has 2 aromatic carbocycles. The largest absolute Gasteiger partial charge is 0.380 e. The molecule has 124 valence electrons. The molecule has 0 saturated heterocycles. The fourth-order valence-corrected chi connectivity index (χ4v) is 4.10. The van der Waals surface area contributed by atoms with E-state index in [0.717, 1.165) is 36.9 Å². The quantitative estimate of drug-likeness (QED) is 0.861. The number of hydrogen-bond acceptors (Lipinski definition) is 2. The summed E-state index contributed by atoms with van der Waals surface area (Å²) in [7, 11) is 0. The Balaban J connectivity index is 1.51. The van der Waals surface area contributed by atoms with Crippen LogP contribution in [0, 0.1) is 12.7 Å². The van der Waals surface area contributed by atoms with E-state index in [-0.39, 0.29) is 17.8 Å². The topological polar surface area (TPSA) is 41.1 Å². The Morgan fingerprint density at radius 2 is 1.88 bits per heavy atom. The Bertz CT molecular complexity index is 794. The van der Waals surface area contributed by atoms with Crippen molar-refractivity contribution in [2.24, 2.45) is 0 Å². The molecule has 1 aliphatic carbocycles. The summed E-state index contributed by atoms with van der Waals surface area (Å²) in [6.45, 7) is 1.77. The number of hydrogen-bond donors (Lipinski definition) is 2. The molecule has 0 unspecified atom stereocenters. The Hall–Kier alpha value is -2.36. The molecule has 4 rings (SSSR count). The Morgan fingerprint density at radius 1 is 1.12 bits per heavy atom. The second kappa shape index (κ2) is 5.62. The summed E-state index contributed by atoms with van der Waals surface area (Å²) in [5.74, 6) is -0.0642. The Labute approximate surface area is 141 Å². The monoisotopic (exact) mass is 324 g/mol. The molecule has 1 amide bonds. The molecule has 1 saturated carbocycles. The number of carbonyl (C=O) groups is 1. The third-order valence-electron chi connectivity index (χ3n) is 5.52. The zero-order valence-electron chi connectivity index (χ0n) is 13.7. The Morgan fingerprint density at radius 3 is 2.67 bits per heavy atom. The molecular formula is C20H21FN2O. The van der Waals surface area contributed by atoms with Gasteiger partial charge in [0.15, 0.2) is 0 Å². The van der Waals surface area contributed by atoms with Gasteiger partial charge in [0, 0.05) is 11.7 Å². The van der Waals surface area contributed by atoms with Crippen LogP contribution in [0.25, 0.3) is 0 Å². The molecule has 4 heteroatoms. The molecule has 1 spiro atoms. The van der Waals surface area contributed by atoms with Crippen LogP contribution in [-0.4, -0.2) is 11.9 Å². The van der Waals surface area contributed by atoms with Gasteiger partial charge >= 0.3 is 0 Å². The molecule has 1 fully saturated rings. The van der Waals surface area contributed by atoms with E-state index in [9.17, 15) is 9.18 Å². The van der Waals surface area contributed by atoms with Crippen molar-refractivity contribution in [3.05, 3.63) is 59.4 Å². The van der Waals surface area contributed by atoms with Crippen molar-refractivity contribution >= 4 is 17.3 Å². The van der Waals surface area contributed by atoms with Crippen molar-refractivity contribution in [1.82, 2.24) is 0 Å². The lowest BCUT2D eigenvalue weighted by Crippen LogP contribution is -2.41. The predicted octanol–water partition coefficient (Wildman–Crippen LogP) is 4.38. The van der Waals surface area contributed by atoms with Crippen molar-refractivity contribution in [1.29, 1.82) is 0 Å². The van der Waals surface area contributed by atoms with Gasteiger partial charge in [0.25, 0.3) is 0 Å². The van der Waals surface area contributed by atoms with E-state index in [1.54, 1.807) is 19.1 Å². The highest BCUT2D eigenvalue weighted by atomic mass is 19.1. The van der Waals surface area contributed by atoms with Crippen LogP contribution in [0.3, 0.4) is 0 Å². The average molecular weight is 324 g/mol. The number of nitrogens with one attached hydrogen (secondary N) is 2. The van der Waals surface area contributed by atoms with Gasteiger partial charge in [-0.2, -0.15) is 0 Å². The minimum absolute atomic E-state index is 0.115. The average Bonchev–Trinajstić information content (AvgIpc) is 2.86. The van der Waals surface area contributed by atoms with Crippen LogP contribution in [0.15, 0.2) is 42.5 Å². The van der Waals surface area contributed by atoms with Crippen LogP contribution in [0.4, 0.5) is 15.8 Å². The molecule has 0 bridgehead atoms. The maximum atomic E-state index is 14.2. The van der Waals surface area contributed by atoms with E-state index in [4.69, 9.17) is 0 Å². The van der Waals surface area contributed by atoms with E-state index in [1.807, 2.05) is 24.3 Å². The minimum atomic E-state index is -0.403. The number of aryl methyl sites for hydroxylation is 1. The first-order valence-electron chi connectivity index (χ1n) is 8.53. The Kier molecular flexibility index (Phi) is 3.56. The van der Waals surface area contributed by atoms with Gasteiger partial charge < -0.3 is 10.6 Å². The standard InChI is InChI=1S/C20H21FN2O/c1-13-5-4-8-17(18(13)21)22-14-9-11-20(12-10-14)15-6-2-3-7-16(15)23-19(20)24/h2-8,14,22H,9-12H2,1H3,(H,23,24). The van der Waals surface area contributed by atoms with Gasteiger partial charge in [-0.05, 0) is 55.9 Å². The molecule has 3 nitrogen and oxygen atoms in total. The first-order chi connectivity index (χ1) is 11.6. The number of fused-ring (bicyclic) bond motifs is 2. The number of para-hydroxylation sites is 1. The van der Waals surface area contributed by atoms with Crippen molar-refractivity contribution < 1.29 is 9.18 Å². The predicted molar refractivity (Wildman–Crippen MR) is 93.8 cm³/mol. The van der Waals surface area contributed by atoms with Gasteiger partial charge in [-0.25, -0.2) is 4.39 Å². The fraction of sp³-hybridized carbons (Fsp3) is 0.350. The van der Waals surface area contributed by atoms with Crippen LogP contribution in [-0.2, 0) is 10.2 Å². The summed E-state index contributed by atoms with van der Waals surface area (Å²) in [5.41, 5.74) is 2.87. The van der Waals surface area contributed by atoms with Gasteiger partial charge in [0.2, 0.25) is 5.91 Å². The summed E-state index contributed by atoms with van der Waals surface area (Å²) in [6, 6.07) is 13.6. The number of carbonyl (C=O) groups excluding carboxylic acids is 1. The normalized spacial score (nSPS) is 25.4. The molecule has 2 N–H and O–H groups in total.